The van der Waals surface area contributed by atoms with Gasteiger partial charge in [-0.25, -0.2) is 0 Å². The minimum absolute atomic E-state index is 0.332. The van der Waals surface area contributed by atoms with E-state index >= 15 is 0 Å². The van der Waals surface area contributed by atoms with Gasteiger partial charge in [0.1, 0.15) is 0 Å². The summed E-state index contributed by atoms with van der Waals surface area (Å²) in [6, 6.07) is 0. The zero-order valence-corrected chi connectivity index (χ0v) is 13.6. The van der Waals surface area contributed by atoms with Crippen molar-refractivity contribution in [1.82, 2.24) is 25.2 Å². The molecule has 0 radical (unpaired) electrons. The predicted molar refractivity (Wildman–Crippen MR) is 83.0 cm³/mol. The van der Waals surface area contributed by atoms with Crippen LogP contribution in [0.2, 0.25) is 0 Å². The Labute approximate surface area is 127 Å². The van der Waals surface area contributed by atoms with Crippen LogP contribution in [0.1, 0.15) is 32.9 Å². The van der Waals surface area contributed by atoms with E-state index in [9.17, 15) is 0 Å². The average molecular weight is 295 g/mol. The Hall–Kier alpha value is -0.980. The highest BCUT2D eigenvalue weighted by Gasteiger charge is 2.14. The van der Waals surface area contributed by atoms with Crippen LogP contribution in [-0.2, 0) is 17.8 Å². The van der Waals surface area contributed by atoms with Gasteiger partial charge in [-0.3, -0.25) is 9.58 Å². The highest BCUT2D eigenvalue weighted by atomic mass is 16.5. The van der Waals surface area contributed by atoms with E-state index in [1.54, 1.807) is 0 Å². The Morgan fingerprint density at radius 2 is 2.29 bits per heavy atom. The molecule has 1 aliphatic rings. The molecule has 120 valence electrons. The van der Waals surface area contributed by atoms with Gasteiger partial charge >= 0.3 is 0 Å². The Bertz CT molecular complexity index is 407. The molecule has 1 unspecified atom stereocenters. The smallest absolute Gasteiger partial charge is 0.0964 e. The van der Waals surface area contributed by atoms with E-state index in [2.05, 4.69) is 41.3 Å². The lowest BCUT2D eigenvalue weighted by molar-refractivity contribution is 0.0671. The number of nitrogens with zero attached hydrogens (tertiary/aromatic N) is 4. The van der Waals surface area contributed by atoms with E-state index in [1.807, 2.05) is 10.9 Å². The summed E-state index contributed by atoms with van der Waals surface area (Å²) in [6.45, 7) is 13.3. The van der Waals surface area contributed by atoms with Crippen molar-refractivity contribution in [1.29, 1.82) is 0 Å². The van der Waals surface area contributed by atoms with Crippen LogP contribution >= 0.6 is 0 Å². The van der Waals surface area contributed by atoms with Crippen LogP contribution < -0.4 is 5.32 Å². The maximum absolute atomic E-state index is 5.67. The maximum atomic E-state index is 5.67. The van der Waals surface area contributed by atoms with Crippen molar-refractivity contribution in [2.45, 2.75) is 46.4 Å². The van der Waals surface area contributed by atoms with Crippen molar-refractivity contribution in [2.24, 2.45) is 5.92 Å². The van der Waals surface area contributed by atoms with Crippen molar-refractivity contribution in [3.05, 3.63) is 11.9 Å². The third kappa shape index (κ3) is 6.11. The molecule has 1 atom stereocenters. The van der Waals surface area contributed by atoms with E-state index in [4.69, 9.17) is 4.74 Å². The Balaban J connectivity index is 1.71. The summed E-state index contributed by atoms with van der Waals surface area (Å²) >= 11 is 0. The number of nitrogens with one attached hydrogen (secondary N) is 1. The number of ether oxygens (including phenoxy) is 1. The molecular formula is C15H29N5O. The van der Waals surface area contributed by atoms with Gasteiger partial charge in [0.2, 0.25) is 0 Å². The van der Waals surface area contributed by atoms with Gasteiger partial charge in [0.25, 0.3) is 0 Å². The molecule has 6 heteroatoms. The van der Waals surface area contributed by atoms with Crippen LogP contribution in [0.25, 0.3) is 0 Å². The van der Waals surface area contributed by atoms with E-state index < -0.39 is 0 Å². The fourth-order valence-electron chi connectivity index (χ4n) is 2.54. The van der Waals surface area contributed by atoms with Crippen LogP contribution in [0, 0.1) is 5.92 Å². The fraction of sp³-hybridized carbons (Fsp3) is 0.867. The number of hydrogen-bond donors (Lipinski definition) is 1. The first-order chi connectivity index (χ1) is 10.1. The van der Waals surface area contributed by atoms with Gasteiger partial charge in [-0.1, -0.05) is 19.1 Å². The van der Waals surface area contributed by atoms with Crippen LogP contribution in [0.3, 0.4) is 0 Å². The lowest BCUT2D eigenvalue weighted by Gasteiger charge is -2.21. The van der Waals surface area contributed by atoms with Crippen molar-refractivity contribution in [3.8, 4) is 0 Å². The Kier molecular flexibility index (Phi) is 6.60. The molecule has 1 fully saturated rings. The summed E-state index contributed by atoms with van der Waals surface area (Å²) in [4.78, 5) is 2.45. The minimum Gasteiger partial charge on any atom is -0.377 e. The molecule has 0 aromatic carbocycles. The molecule has 21 heavy (non-hydrogen) atoms. The predicted octanol–water partition coefficient (Wildman–Crippen LogP) is 1.13. The van der Waals surface area contributed by atoms with E-state index in [0.717, 1.165) is 58.0 Å². The van der Waals surface area contributed by atoms with Gasteiger partial charge < -0.3 is 10.1 Å². The second-order valence-corrected chi connectivity index (χ2v) is 6.33. The Morgan fingerprint density at radius 1 is 1.43 bits per heavy atom. The van der Waals surface area contributed by atoms with Crippen LogP contribution in [0.4, 0.5) is 0 Å². The molecule has 1 aliphatic heterocycles. The summed E-state index contributed by atoms with van der Waals surface area (Å²) in [7, 11) is 0. The monoisotopic (exact) mass is 295 g/mol. The first-order valence-electron chi connectivity index (χ1n) is 8.07. The van der Waals surface area contributed by atoms with Crippen molar-refractivity contribution in [3.63, 3.8) is 0 Å². The van der Waals surface area contributed by atoms with Crippen LogP contribution in [0.15, 0.2) is 6.20 Å². The molecular weight excluding hydrogens is 266 g/mol. The summed E-state index contributed by atoms with van der Waals surface area (Å²) in [5, 5.41) is 11.8. The second kappa shape index (κ2) is 8.46. The van der Waals surface area contributed by atoms with Gasteiger partial charge in [-0.05, 0) is 25.8 Å². The molecule has 0 bridgehead atoms. The largest absolute Gasteiger partial charge is 0.377 e. The number of hydrogen-bond acceptors (Lipinski definition) is 5. The molecule has 0 aliphatic carbocycles. The number of aromatic nitrogens is 3. The van der Waals surface area contributed by atoms with Gasteiger partial charge in [0.15, 0.2) is 0 Å². The summed E-state index contributed by atoms with van der Waals surface area (Å²) in [5.74, 6) is 0.660. The lowest BCUT2D eigenvalue weighted by atomic mass is 10.2. The molecule has 1 aromatic heterocycles. The highest BCUT2D eigenvalue weighted by Crippen LogP contribution is 2.05. The van der Waals surface area contributed by atoms with Gasteiger partial charge in [0, 0.05) is 39.0 Å². The van der Waals surface area contributed by atoms with Crippen LogP contribution in [0.5, 0.6) is 0 Å². The third-order valence-corrected chi connectivity index (χ3v) is 3.63. The summed E-state index contributed by atoms with van der Waals surface area (Å²) in [6.07, 6.45) is 3.50. The summed E-state index contributed by atoms with van der Waals surface area (Å²) < 4.78 is 7.62. The van der Waals surface area contributed by atoms with Crippen molar-refractivity contribution >= 4 is 0 Å². The zero-order valence-electron chi connectivity index (χ0n) is 13.6. The quantitative estimate of drug-likeness (QED) is 0.817. The molecule has 1 saturated heterocycles. The van der Waals surface area contributed by atoms with E-state index in [0.29, 0.717) is 12.0 Å². The first-order valence-corrected chi connectivity index (χ1v) is 8.07. The molecule has 1 N–H and O–H groups in total. The van der Waals surface area contributed by atoms with E-state index in [-0.39, 0.29) is 0 Å². The molecule has 2 rings (SSSR count). The minimum atomic E-state index is 0.332. The number of rotatable bonds is 7. The van der Waals surface area contributed by atoms with Gasteiger partial charge in [0.05, 0.1) is 18.3 Å². The maximum Gasteiger partial charge on any atom is 0.0964 e. The fourth-order valence-corrected chi connectivity index (χ4v) is 2.54. The lowest BCUT2D eigenvalue weighted by Crippen LogP contribution is -2.33. The molecule has 0 spiro atoms. The van der Waals surface area contributed by atoms with Crippen LogP contribution in [-0.4, -0.2) is 58.8 Å². The standard InChI is InChI=1S/C15H29N5O/c1-13(2)9-16-10-15-12-20(18-17-15)7-6-19-5-4-8-21-14(3)11-19/h12-14,16H,4-11H2,1-3H3. The summed E-state index contributed by atoms with van der Waals surface area (Å²) in [5.41, 5.74) is 1.02. The second-order valence-electron chi connectivity index (χ2n) is 6.33. The Morgan fingerprint density at radius 3 is 3.10 bits per heavy atom. The third-order valence-electron chi connectivity index (χ3n) is 3.63. The molecule has 0 amide bonds. The molecule has 6 nitrogen and oxygen atoms in total. The van der Waals surface area contributed by atoms with Gasteiger partial charge in [-0.15, -0.1) is 5.10 Å². The molecule has 2 heterocycles. The van der Waals surface area contributed by atoms with E-state index in [1.165, 1.54) is 0 Å². The topological polar surface area (TPSA) is 55.2 Å². The first kappa shape index (κ1) is 16.4. The molecule has 0 saturated carbocycles. The zero-order chi connectivity index (χ0) is 15.1. The van der Waals surface area contributed by atoms with Gasteiger partial charge in [-0.2, -0.15) is 0 Å². The SMILES string of the molecule is CC(C)CNCc1cn(CCN2CCCOC(C)C2)nn1. The average Bonchev–Trinajstić information content (AvgIpc) is 2.77. The normalized spacial score (nSPS) is 20.9. The van der Waals surface area contributed by atoms with Crippen molar-refractivity contribution < 1.29 is 4.74 Å². The highest BCUT2D eigenvalue weighted by molar-refractivity contribution is 4.91. The molecule has 1 aromatic rings. The van der Waals surface area contributed by atoms with Crippen molar-refractivity contribution in [2.75, 3.05) is 32.8 Å².